The molecule has 3 atom stereocenters. The van der Waals surface area contributed by atoms with Crippen molar-refractivity contribution in [3.63, 3.8) is 0 Å². The number of aldehydes is 1. The Kier molecular flexibility index (Phi) is 3.53. The van der Waals surface area contributed by atoms with E-state index in [-0.39, 0.29) is 0 Å². The molecule has 1 N–H and O–H groups in total. The summed E-state index contributed by atoms with van der Waals surface area (Å²) in [5.41, 5.74) is 4.19. The molecule has 2 aliphatic heterocycles. The maximum absolute atomic E-state index is 11.1. The average Bonchev–Trinajstić information content (AvgIpc) is 2.93. The number of carbonyl (C=O) groups excluding carboxylic acids is 1. The van der Waals surface area contributed by atoms with Crippen molar-refractivity contribution >= 4 is 17.2 Å². The monoisotopic (exact) mass is 296 g/mol. The second-order valence-electron chi connectivity index (χ2n) is 6.89. The first-order valence-corrected chi connectivity index (χ1v) is 8.59. The number of aromatic amines is 1. The van der Waals surface area contributed by atoms with Gasteiger partial charge in [-0.1, -0.05) is 31.5 Å². The Balaban J connectivity index is 1.72. The molecule has 0 aliphatic carbocycles. The normalized spacial score (nSPS) is 28.3. The first-order chi connectivity index (χ1) is 10.8. The van der Waals surface area contributed by atoms with Gasteiger partial charge in [-0.2, -0.15) is 0 Å². The number of nitrogens with zero attached hydrogens (tertiary/aromatic N) is 1. The Morgan fingerprint density at radius 2 is 2.18 bits per heavy atom. The smallest absolute Gasteiger partial charge is 0.120 e. The van der Waals surface area contributed by atoms with Gasteiger partial charge in [-0.05, 0) is 36.3 Å². The van der Waals surface area contributed by atoms with E-state index >= 15 is 0 Å². The number of fused-ring (bicyclic) bond motifs is 5. The van der Waals surface area contributed by atoms with Crippen LogP contribution in [-0.2, 0) is 11.2 Å². The molecule has 1 saturated heterocycles. The number of hydrogen-bond donors (Lipinski definition) is 1. The third-order valence-corrected chi connectivity index (χ3v) is 5.85. The highest BCUT2D eigenvalue weighted by molar-refractivity contribution is 5.85. The quantitative estimate of drug-likeness (QED) is 0.877. The van der Waals surface area contributed by atoms with Crippen LogP contribution in [-0.4, -0.2) is 29.3 Å². The van der Waals surface area contributed by atoms with Gasteiger partial charge in [0.25, 0.3) is 0 Å². The lowest BCUT2D eigenvalue weighted by Crippen LogP contribution is -2.45. The van der Waals surface area contributed by atoms with Crippen LogP contribution in [0.1, 0.15) is 43.5 Å². The summed E-state index contributed by atoms with van der Waals surface area (Å²) in [6.07, 6.45) is 5.29. The number of H-pyrrole nitrogens is 1. The largest absolute Gasteiger partial charge is 0.357 e. The number of benzene rings is 1. The van der Waals surface area contributed by atoms with Crippen molar-refractivity contribution in [3.8, 4) is 0 Å². The highest BCUT2D eigenvalue weighted by atomic mass is 16.1. The van der Waals surface area contributed by atoms with Crippen molar-refractivity contribution in [1.82, 2.24) is 9.88 Å². The van der Waals surface area contributed by atoms with E-state index in [1.165, 1.54) is 28.6 Å². The molecule has 3 nitrogen and oxygen atoms in total. The van der Waals surface area contributed by atoms with E-state index < -0.39 is 0 Å². The molecule has 2 aromatic rings. The number of aromatic nitrogens is 1. The predicted octanol–water partition coefficient (Wildman–Crippen LogP) is 3.70. The van der Waals surface area contributed by atoms with Gasteiger partial charge in [-0.15, -0.1) is 0 Å². The third-order valence-electron chi connectivity index (χ3n) is 5.85. The fraction of sp³-hybridized carbons (Fsp3) is 0.526. The van der Waals surface area contributed by atoms with Gasteiger partial charge in [0.15, 0.2) is 0 Å². The fourth-order valence-corrected chi connectivity index (χ4v) is 4.66. The van der Waals surface area contributed by atoms with Crippen molar-refractivity contribution in [2.24, 2.45) is 11.8 Å². The molecule has 3 heteroatoms. The van der Waals surface area contributed by atoms with Gasteiger partial charge in [0.05, 0.1) is 6.04 Å². The SMILES string of the molecule is CCC1CN2CCc3c([nH]c4ccccc34)C2CC1CC=O. The summed E-state index contributed by atoms with van der Waals surface area (Å²) in [6.45, 7) is 4.57. The summed E-state index contributed by atoms with van der Waals surface area (Å²) >= 11 is 0. The van der Waals surface area contributed by atoms with Crippen LogP contribution in [0.2, 0.25) is 0 Å². The van der Waals surface area contributed by atoms with Crippen molar-refractivity contribution in [1.29, 1.82) is 0 Å². The predicted molar refractivity (Wildman–Crippen MR) is 88.9 cm³/mol. The van der Waals surface area contributed by atoms with Crippen LogP contribution < -0.4 is 0 Å². The van der Waals surface area contributed by atoms with Crippen LogP contribution in [0.5, 0.6) is 0 Å². The van der Waals surface area contributed by atoms with Gasteiger partial charge < -0.3 is 9.78 Å². The van der Waals surface area contributed by atoms with Crippen LogP contribution in [0.3, 0.4) is 0 Å². The fourth-order valence-electron chi connectivity index (χ4n) is 4.66. The maximum Gasteiger partial charge on any atom is 0.120 e. The summed E-state index contributed by atoms with van der Waals surface area (Å²) in [4.78, 5) is 17.4. The number of para-hydroxylation sites is 1. The molecule has 0 saturated carbocycles. The van der Waals surface area contributed by atoms with Gasteiger partial charge in [0, 0.05) is 36.1 Å². The first kappa shape index (κ1) is 14.0. The topological polar surface area (TPSA) is 36.1 Å². The molecule has 1 fully saturated rings. The molecule has 4 rings (SSSR count). The molecule has 116 valence electrons. The first-order valence-electron chi connectivity index (χ1n) is 8.59. The molecule has 0 spiro atoms. The van der Waals surface area contributed by atoms with Crippen molar-refractivity contribution in [2.45, 2.75) is 38.6 Å². The lowest BCUT2D eigenvalue weighted by molar-refractivity contribution is -0.109. The van der Waals surface area contributed by atoms with Crippen LogP contribution >= 0.6 is 0 Å². The Labute approximate surface area is 131 Å². The molecule has 3 heterocycles. The highest BCUT2D eigenvalue weighted by Gasteiger charge is 2.39. The Hall–Kier alpha value is -1.61. The molecule has 1 aromatic heterocycles. The molecule has 0 radical (unpaired) electrons. The Bertz CT molecular complexity index is 690. The molecular formula is C19H24N2O. The number of piperidine rings is 1. The van der Waals surface area contributed by atoms with Crippen molar-refractivity contribution in [3.05, 3.63) is 35.5 Å². The van der Waals surface area contributed by atoms with Gasteiger partial charge >= 0.3 is 0 Å². The van der Waals surface area contributed by atoms with Crippen LogP contribution in [0, 0.1) is 11.8 Å². The summed E-state index contributed by atoms with van der Waals surface area (Å²) < 4.78 is 0. The summed E-state index contributed by atoms with van der Waals surface area (Å²) in [7, 11) is 0. The van der Waals surface area contributed by atoms with Gasteiger partial charge in [0.2, 0.25) is 0 Å². The number of hydrogen-bond acceptors (Lipinski definition) is 2. The number of rotatable bonds is 3. The van der Waals surface area contributed by atoms with E-state index in [1.807, 2.05) is 0 Å². The van der Waals surface area contributed by atoms with E-state index in [0.717, 1.165) is 38.6 Å². The molecule has 0 amide bonds. The van der Waals surface area contributed by atoms with Crippen molar-refractivity contribution < 1.29 is 4.79 Å². The van der Waals surface area contributed by atoms with E-state index in [4.69, 9.17) is 0 Å². The molecule has 0 bridgehead atoms. The maximum atomic E-state index is 11.1. The van der Waals surface area contributed by atoms with Crippen LogP contribution in [0.4, 0.5) is 0 Å². The summed E-state index contributed by atoms with van der Waals surface area (Å²) in [5, 5.41) is 1.39. The zero-order chi connectivity index (χ0) is 15.1. The molecule has 22 heavy (non-hydrogen) atoms. The molecule has 1 aromatic carbocycles. The number of carbonyl (C=O) groups is 1. The van der Waals surface area contributed by atoms with E-state index in [9.17, 15) is 4.79 Å². The highest BCUT2D eigenvalue weighted by Crippen LogP contribution is 2.44. The van der Waals surface area contributed by atoms with Gasteiger partial charge in [-0.25, -0.2) is 0 Å². The second kappa shape index (κ2) is 5.54. The average molecular weight is 296 g/mol. The zero-order valence-corrected chi connectivity index (χ0v) is 13.2. The minimum Gasteiger partial charge on any atom is -0.357 e. The van der Waals surface area contributed by atoms with E-state index in [2.05, 4.69) is 41.1 Å². The second-order valence-corrected chi connectivity index (χ2v) is 6.89. The Morgan fingerprint density at radius 1 is 1.32 bits per heavy atom. The molecule has 3 unspecified atom stereocenters. The third kappa shape index (κ3) is 2.11. The molecule has 2 aliphatic rings. The zero-order valence-electron chi connectivity index (χ0n) is 13.2. The summed E-state index contributed by atoms with van der Waals surface area (Å²) in [6, 6.07) is 9.13. The lowest BCUT2D eigenvalue weighted by Gasteiger charge is -2.46. The number of nitrogens with one attached hydrogen (secondary N) is 1. The molecular weight excluding hydrogens is 272 g/mol. The lowest BCUT2D eigenvalue weighted by atomic mass is 9.76. The van der Waals surface area contributed by atoms with Gasteiger partial charge in [0.1, 0.15) is 6.29 Å². The van der Waals surface area contributed by atoms with E-state index in [0.29, 0.717) is 17.9 Å². The van der Waals surface area contributed by atoms with E-state index in [1.54, 1.807) is 0 Å². The van der Waals surface area contributed by atoms with Crippen LogP contribution in [0.15, 0.2) is 24.3 Å². The van der Waals surface area contributed by atoms with Gasteiger partial charge in [-0.3, -0.25) is 4.90 Å². The van der Waals surface area contributed by atoms with Crippen molar-refractivity contribution in [2.75, 3.05) is 13.1 Å². The minimum absolute atomic E-state index is 0.476. The summed E-state index contributed by atoms with van der Waals surface area (Å²) in [5.74, 6) is 1.22. The Morgan fingerprint density at radius 3 is 3.00 bits per heavy atom. The van der Waals surface area contributed by atoms with Crippen LogP contribution in [0.25, 0.3) is 10.9 Å². The standard InChI is InChI=1S/C19H24N2O/c1-2-13-12-21-9-7-16-15-5-3-4-6-17(15)20-19(16)18(21)11-14(13)8-10-22/h3-6,10,13-14,18,20H,2,7-9,11-12H2,1H3. The minimum atomic E-state index is 0.476.